The summed E-state index contributed by atoms with van der Waals surface area (Å²) in [4.78, 5) is 43.2. The molecular formula is C24H21ClN2O5. The Morgan fingerprint density at radius 3 is 2.56 bits per heavy atom. The molecule has 2 amide bonds. The number of likely N-dealkylation sites (tertiary alicyclic amines) is 1. The SMILES string of the molecule is CN1C(=O)[C@]2(C(=C(O)c3ccc(Cl)cc3)C(=O)C(=O)N2C[C@H]2CCCO2)c2ccccc21. The average molecular weight is 453 g/mol. The highest BCUT2D eigenvalue weighted by Gasteiger charge is 2.66. The Balaban J connectivity index is 1.79. The second-order valence-electron chi connectivity index (χ2n) is 8.20. The molecule has 0 unspecified atom stereocenters. The first-order valence-corrected chi connectivity index (χ1v) is 10.8. The third-order valence-corrected chi connectivity index (χ3v) is 6.72. The van der Waals surface area contributed by atoms with E-state index in [1.165, 1.54) is 9.80 Å². The molecule has 1 N–H and O–H groups in total. The molecule has 1 spiro atoms. The number of halogens is 1. The van der Waals surface area contributed by atoms with Gasteiger partial charge in [0.05, 0.1) is 11.7 Å². The fraction of sp³-hybridized carbons (Fsp3) is 0.292. The van der Waals surface area contributed by atoms with Gasteiger partial charge in [0, 0.05) is 42.0 Å². The summed E-state index contributed by atoms with van der Waals surface area (Å²) in [7, 11) is 1.60. The van der Waals surface area contributed by atoms with Gasteiger partial charge in [-0.15, -0.1) is 0 Å². The van der Waals surface area contributed by atoms with Crippen LogP contribution in [0.15, 0.2) is 54.1 Å². The van der Waals surface area contributed by atoms with Crippen molar-refractivity contribution in [2.45, 2.75) is 24.5 Å². The normalized spacial score (nSPS) is 26.4. The Morgan fingerprint density at radius 1 is 1.16 bits per heavy atom. The van der Waals surface area contributed by atoms with Crippen LogP contribution < -0.4 is 4.90 Å². The molecule has 0 aliphatic carbocycles. The van der Waals surface area contributed by atoms with Crippen LogP contribution in [0.1, 0.15) is 24.0 Å². The number of aliphatic hydroxyl groups excluding tert-OH is 1. The van der Waals surface area contributed by atoms with Gasteiger partial charge in [0.25, 0.3) is 17.6 Å². The summed E-state index contributed by atoms with van der Waals surface area (Å²) in [6.07, 6.45) is 1.28. The number of fused-ring (bicyclic) bond motifs is 2. The number of benzene rings is 2. The average Bonchev–Trinajstić information content (AvgIpc) is 3.45. The zero-order chi connectivity index (χ0) is 22.6. The number of ether oxygens (including phenoxy) is 1. The lowest BCUT2D eigenvalue weighted by molar-refractivity contribution is -0.145. The van der Waals surface area contributed by atoms with Gasteiger partial charge >= 0.3 is 0 Å². The standard InChI is InChI=1S/C24H21ClN2O5/c1-26-18-7-3-2-6-17(18)24(23(26)31)19(20(28)14-8-10-15(25)11-9-14)21(29)22(30)27(24)13-16-5-4-12-32-16/h2-3,6-11,16,28H,4-5,12-13H2,1H3/t16-,24-/m1/s1. The van der Waals surface area contributed by atoms with Crippen LogP contribution in [-0.4, -0.2) is 53.9 Å². The number of amides is 2. The Hall–Kier alpha value is -3.16. The largest absolute Gasteiger partial charge is 0.507 e. The summed E-state index contributed by atoms with van der Waals surface area (Å²) in [5.74, 6) is -2.59. The van der Waals surface area contributed by atoms with Crippen LogP contribution in [0.3, 0.4) is 0 Å². The van der Waals surface area contributed by atoms with Crippen molar-refractivity contribution in [1.29, 1.82) is 0 Å². The van der Waals surface area contributed by atoms with Crippen LogP contribution in [0.2, 0.25) is 5.02 Å². The van der Waals surface area contributed by atoms with E-state index in [4.69, 9.17) is 16.3 Å². The molecule has 3 heterocycles. The maximum absolute atomic E-state index is 13.8. The smallest absolute Gasteiger partial charge is 0.296 e. The number of para-hydroxylation sites is 1. The van der Waals surface area contributed by atoms with Crippen molar-refractivity contribution < 1.29 is 24.2 Å². The molecule has 2 atom stereocenters. The molecule has 0 saturated carbocycles. The number of carbonyl (C=O) groups is 3. The van der Waals surface area contributed by atoms with Gasteiger partial charge in [-0.05, 0) is 43.2 Å². The lowest BCUT2D eigenvalue weighted by Gasteiger charge is -2.35. The number of nitrogens with zero attached hydrogens (tertiary/aromatic N) is 2. The number of hydrogen-bond acceptors (Lipinski definition) is 5. The van der Waals surface area contributed by atoms with E-state index in [-0.39, 0.29) is 18.2 Å². The molecule has 32 heavy (non-hydrogen) atoms. The van der Waals surface area contributed by atoms with Gasteiger partial charge in [0.1, 0.15) is 5.76 Å². The van der Waals surface area contributed by atoms with Crippen molar-refractivity contribution in [2.75, 3.05) is 25.1 Å². The maximum Gasteiger partial charge on any atom is 0.296 e. The number of carbonyl (C=O) groups excluding carboxylic acids is 3. The summed E-state index contributed by atoms with van der Waals surface area (Å²) < 4.78 is 5.72. The van der Waals surface area contributed by atoms with Gasteiger partial charge in [-0.2, -0.15) is 0 Å². The summed E-state index contributed by atoms with van der Waals surface area (Å²) >= 11 is 5.97. The summed E-state index contributed by atoms with van der Waals surface area (Å²) in [6, 6.07) is 13.3. The zero-order valence-electron chi connectivity index (χ0n) is 17.4. The molecule has 0 radical (unpaired) electrons. The lowest BCUT2D eigenvalue weighted by atomic mass is 9.81. The minimum Gasteiger partial charge on any atom is -0.507 e. The van der Waals surface area contributed by atoms with E-state index in [0.29, 0.717) is 28.4 Å². The first-order valence-electron chi connectivity index (χ1n) is 10.4. The van der Waals surface area contributed by atoms with Gasteiger partial charge in [-0.1, -0.05) is 29.8 Å². The van der Waals surface area contributed by atoms with Crippen molar-refractivity contribution in [3.8, 4) is 0 Å². The third kappa shape index (κ3) is 2.74. The number of rotatable bonds is 3. The van der Waals surface area contributed by atoms with Crippen molar-refractivity contribution in [1.82, 2.24) is 4.90 Å². The van der Waals surface area contributed by atoms with E-state index in [1.54, 1.807) is 55.6 Å². The van der Waals surface area contributed by atoms with Gasteiger partial charge in [-0.25, -0.2) is 0 Å². The van der Waals surface area contributed by atoms with Crippen molar-refractivity contribution >= 4 is 40.6 Å². The van der Waals surface area contributed by atoms with E-state index in [1.807, 2.05) is 0 Å². The number of Topliss-reactive ketones (excluding diaryl/α,β-unsaturated/α-hetero) is 1. The minimum atomic E-state index is -1.75. The first kappa shape index (κ1) is 20.7. The molecule has 3 aliphatic rings. The van der Waals surface area contributed by atoms with Crippen LogP contribution in [0.4, 0.5) is 5.69 Å². The van der Waals surface area contributed by atoms with Crippen LogP contribution in [0.25, 0.3) is 5.76 Å². The monoisotopic (exact) mass is 452 g/mol. The highest BCUT2D eigenvalue weighted by Crippen LogP contribution is 2.53. The third-order valence-electron chi connectivity index (χ3n) is 6.47. The van der Waals surface area contributed by atoms with Crippen LogP contribution >= 0.6 is 11.6 Å². The number of ketones is 1. The maximum atomic E-state index is 13.8. The predicted octanol–water partition coefficient (Wildman–Crippen LogP) is 3.07. The quantitative estimate of drug-likeness (QED) is 0.439. The van der Waals surface area contributed by atoms with Crippen LogP contribution in [0, 0.1) is 0 Å². The molecule has 0 bridgehead atoms. The molecule has 164 valence electrons. The van der Waals surface area contributed by atoms with Crippen LogP contribution in [-0.2, 0) is 24.7 Å². The highest BCUT2D eigenvalue weighted by atomic mass is 35.5. The molecular weight excluding hydrogens is 432 g/mol. The molecule has 2 aromatic rings. The highest BCUT2D eigenvalue weighted by molar-refractivity contribution is 6.50. The summed E-state index contributed by atoms with van der Waals surface area (Å²) in [6.45, 7) is 0.646. The first-order chi connectivity index (χ1) is 15.4. The number of aliphatic hydroxyl groups is 1. The molecule has 7 nitrogen and oxygen atoms in total. The summed E-state index contributed by atoms with van der Waals surface area (Å²) in [5, 5.41) is 11.7. The number of hydrogen-bond donors (Lipinski definition) is 1. The molecule has 8 heteroatoms. The fourth-order valence-corrected chi connectivity index (χ4v) is 5.09. The van der Waals surface area contributed by atoms with Crippen molar-refractivity contribution in [3.05, 3.63) is 70.3 Å². The topological polar surface area (TPSA) is 87.2 Å². The Bertz CT molecular complexity index is 1170. The number of likely N-dealkylation sites (N-methyl/N-ethyl adjacent to an activating group) is 1. The van der Waals surface area contributed by atoms with E-state index < -0.39 is 28.9 Å². The lowest BCUT2D eigenvalue weighted by Crippen LogP contribution is -2.53. The second-order valence-corrected chi connectivity index (χ2v) is 8.64. The molecule has 2 fully saturated rings. The molecule has 5 rings (SSSR count). The summed E-state index contributed by atoms with van der Waals surface area (Å²) in [5.41, 5.74) is -0.623. The molecule has 2 aromatic carbocycles. The van der Waals surface area contributed by atoms with Gasteiger partial charge < -0.3 is 19.6 Å². The minimum absolute atomic E-state index is 0.0793. The van der Waals surface area contributed by atoms with E-state index in [0.717, 1.165) is 12.8 Å². The van der Waals surface area contributed by atoms with Gasteiger partial charge in [0.2, 0.25) is 0 Å². The van der Waals surface area contributed by atoms with Crippen molar-refractivity contribution in [2.24, 2.45) is 0 Å². The van der Waals surface area contributed by atoms with E-state index in [9.17, 15) is 19.5 Å². The number of anilines is 1. The predicted molar refractivity (Wildman–Crippen MR) is 118 cm³/mol. The molecule has 2 saturated heterocycles. The molecule has 0 aromatic heterocycles. The zero-order valence-corrected chi connectivity index (χ0v) is 18.1. The van der Waals surface area contributed by atoms with E-state index in [2.05, 4.69) is 0 Å². The van der Waals surface area contributed by atoms with Gasteiger partial charge in [0.15, 0.2) is 5.54 Å². The van der Waals surface area contributed by atoms with Crippen LogP contribution in [0.5, 0.6) is 0 Å². The second kappa shape index (κ2) is 7.46. The van der Waals surface area contributed by atoms with Gasteiger partial charge in [-0.3, -0.25) is 14.4 Å². The van der Waals surface area contributed by atoms with E-state index >= 15 is 0 Å². The fourth-order valence-electron chi connectivity index (χ4n) is 4.97. The molecule has 3 aliphatic heterocycles. The van der Waals surface area contributed by atoms with Crippen molar-refractivity contribution in [3.63, 3.8) is 0 Å². The Kier molecular flexibility index (Phi) is 4.83. The Morgan fingerprint density at radius 2 is 1.88 bits per heavy atom. The Labute approximate surface area is 189 Å².